The zero-order chi connectivity index (χ0) is 17.8. The minimum atomic E-state index is -0.497. The first-order chi connectivity index (χ1) is 12.0. The van der Waals surface area contributed by atoms with Crippen molar-refractivity contribution in [1.29, 1.82) is 0 Å². The van der Waals surface area contributed by atoms with Gasteiger partial charge in [0.25, 0.3) is 5.69 Å². The van der Waals surface area contributed by atoms with Gasteiger partial charge in [-0.3, -0.25) is 10.1 Å². The van der Waals surface area contributed by atoms with Crippen molar-refractivity contribution in [2.75, 3.05) is 18.5 Å². The van der Waals surface area contributed by atoms with E-state index in [9.17, 15) is 10.1 Å². The lowest BCUT2D eigenvalue weighted by atomic mass is 10.2. The monoisotopic (exact) mass is 379 g/mol. The van der Waals surface area contributed by atoms with Crippen molar-refractivity contribution in [3.8, 4) is 11.5 Å². The first kappa shape index (κ1) is 17.2. The Morgan fingerprint density at radius 2 is 2.08 bits per heavy atom. The van der Waals surface area contributed by atoms with Crippen molar-refractivity contribution in [1.82, 2.24) is 5.32 Å². The van der Waals surface area contributed by atoms with E-state index in [0.29, 0.717) is 35.4 Å². The highest BCUT2D eigenvalue weighted by Gasteiger charge is 2.20. The third-order valence-electron chi connectivity index (χ3n) is 3.47. The molecule has 2 N–H and O–H groups in total. The van der Waals surface area contributed by atoms with Gasteiger partial charge in [-0.15, -0.1) is 0 Å². The molecule has 130 valence electrons. The lowest BCUT2D eigenvalue weighted by Gasteiger charge is -2.27. The molecule has 9 heteroatoms. The summed E-state index contributed by atoms with van der Waals surface area (Å²) in [7, 11) is 0. The molecule has 1 atom stereocenters. The molecule has 0 amide bonds. The Kier molecular flexibility index (Phi) is 5.20. The Bertz CT molecular complexity index is 818. The van der Waals surface area contributed by atoms with Gasteiger partial charge < -0.3 is 20.1 Å². The van der Waals surface area contributed by atoms with Crippen molar-refractivity contribution in [3.05, 3.63) is 57.6 Å². The SMILES string of the molecule is O=[N+]([O-])c1ccc(Cl)c(NC(=S)NC[C@H]2COc3ccccc3O2)c1. The van der Waals surface area contributed by atoms with Crippen LogP contribution in [-0.2, 0) is 0 Å². The van der Waals surface area contributed by atoms with Crippen LogP contribution in [0.2, 0.25) is 5.02 Å². The topological polar surface area (TPSA) is 85.7 Å². The number of ether oxygens (including phenoxy) is 2. The normalized spacial score (nSPS) is 15.3. The molecule has 0 fully saturated rings. The van der Waals surface area contributed by atoms with Crippen molar-refractivity contribution in [2.24, 2.45) is 0 Å². The molecule has 2 aromatic carbocycles. The van der Waals surface area contributed by atoms with E-state index in [0.717, 1.165) is 0 Å². The molecule has 25 heavy (non-hydrogen) atoms. The molecular weight excluding hydrogens is 366 g/mol. The molecule has 0 aliphatic carbocycles. The van der Waals surface area contributed by atoms with Crippen LogP contribution in [0.15, 0.2) is 42.5 Å². The molecule has 0 spiro atoms. The average molecular weight is 380 g/mol. The van der Waals surface area contributed by atoms with Gasteiger partial charge in [-0.05, 0) is 30.4 Å². The number of benzene rings is 2. The summed E-state index contributed by atoms with van der Waals surface area (Å²) in [5.74, 6) is 1.39. The quantitative estimate of drug-likeness (QED) is 0.478. The molecule has 2 aromatic rings. The van der Waals surface area contributed by atoms with Gasteiger partial charge in [0.2, 0.25) is 0 Å². The highest BCUT2D eigenvalue weighted by molar-refractivity contribution is 7.80. The molecule has 0 radical (unpaired) electrons. The predicted molar refractivity (Wildman–Crippen MR) is 98.7 cm³/mol. The maximum absolute atomic E-state index is 10.8. The molecule has 0 saturated carbocycles. The van der Waals surface area contributed by atoms with E-state index in [2.05, 4.69) is 10.6 Å². The van der Waals surface area contributed by atoms with Crippen molar-refractivity contribution in [3.63, 3.8) is 0 Å². The van der Waals surface area contributed by atoms with Gasteiger partial charge in [-0.25, -0.2) is 0 Å². The van der Waals surface area contributed by atoms with Gasteiger partial charge in [-0.2, -0.15) is 0 Å². The van der Waals surface area contributed by atoms with Gasteiger partial charge in [0.15, 0.2) is 16.6 Å². The van der Waals surface area contributed by atoms with Gasteiger partial charge in [0.05, 0.1) is 22.2 Å². The largest absolute Gasteiger partial charge is 0.486 e. The summed E-state index contributed by atoms with van der Waals surface area (Å²) < 4.78 is 11.4. The summed E-state index contributed by atoms with van der Waals surface area (Å²) in [5, 5.41) is 17.3. The predicted octanol–water partition coefficient (Wildman–Crippen LogP) is 3.37. The number of fused-ring (bicyclic) bond motifs is 1. The van der Waals surface area contributed by atoms with Crippen LogP contribution in [0.25, 0.3) is 0 Å². The molecule has 3 rings (SSSR count). The van der Waals surface area contributed by atoms with Crippen LogP contribution in [0.3, 0.4) is 0 Å². The van der Waals surface area contributed by atoms with E-state index in [1.54, 1.807) is 0 Å². The first-order valence-electron chi connectivity index (χ1n) is 7.40. The van der Waals surface area contributed by atoms with E-state index in [1.165, 1.54) is 18.2 Å². The third-order valence-corrected chi connectivity index (χ3v) is 4.04. The second-order valence-electron chi connectivity index (χ2n) is 5.25. The Hall–Kier alpha value is -2.58. The van der Waals surface area contributed by atoms with E-state index in [1.807, 2.05) is 24.3 Å². The van der Waals surface area contributed by atoms with Crippen molar-refractivity contribution < 1.29 is 14.4 Å². The zero-order valence-electron chi connectivity index (χ0n) is 12.9. The van der Waals surface area contributed by atoms with Gasteiger partial charge >= 0.3 is 0 Å². The Labute approximate surface area is 154 Å². The fraction of sp³-hybridized carbons (Fsp3) is 0.188. The summed E-state index contributed by atoms with van der Waals surface area (Å²) in [6.45, 7) is 0.802. The van der Waals surface area contributed by atoms with Crippen LogP contribution < -0.4 is 20.1 Å². The van der Waals surface area contributed by atoms with E-state index < -0.39 is 4.92 Å². The molecule has 1 heterocycles. The third kappa shape index (κ3) is 4.28. The molecule has 0 bridgehead atoms. The fourth-order valence-electron chi connectivity index (χ4n) is 2.26. The lowest BCUT2D eigenvalue weighted by Crippen LogP contribution is -2.42. The van der Waals surface area contributed by atoms with Crippen LogP contribution in [0.4, 0.5) is 11.4 Å². The highest BCUT2D eigenvalue weighted by Crippen LogP contribution is 2.30. The average Bonchev–Trinajstić information content (AvgIpc) is 2.61. The summed E-state index contributed by atoms with van der Waals surface area (Å²) in [4.78, 5) is 10.3. The number of anilines is 1. The number of hydrogen-bond acceptors (Lipinski definition) is 5. The lowest BCUT2D eigenvalue weighted by molar-refractivity contribution is -0.384. The smallest absolute Gasteiger partial charge is 0.271 e. The van der Waals surface area contributed by atoms with Crippen LogP contribution in [0.5, 0.6) is 11.5 Å². The fourth-order valence-corrected chi connectivity index (χ4v) is 2.62. The Morgan fingerprint density at radius 1 is 1.32 bits per heavy atom. The molecule has 7 nitrogen and oxygen atoms in total. The summed E-state index contributed by atoms with van der Waals surface area (Å²) in [6, 6.07) is 11.5. The number of para-hydroxylation sites is 2. The number of thiocarbonyl (C=S) groups is 1. The minimum Gasteiger partial charge on any atom is -0.486 e. The number of nitrogens with one attached hydrogen (secondary N) is 2. The number of hydrogen-bond donors (Lipinski definition) is 2. The number of nitrogens with zero attached hydrogens (tertiary/aromatic N) is 1. The van der Waals surface area contributed by atoms with Crippen molar-refractivity contribution in [2.45, 2.75) is 6.10 Å². The molecular formula is C16H14ClN3O4S. The molecule has 0 aromatic heterocycles. The second kappa shape index (κ2) is 7.54. The summed E-state index contributed by atoms with van der Waals surface area (Å²) in [5.41, 5.74) is 0.287. The van der Waals surface area contributed by atoms with E-state index in [4.69, 9.17) is 33.3 Å². The van der Waals surface area contributed by atoms with Crippen LogP contribution in [-0.4, -0.2) is 29.3 Å². The summed E-state index contributed by atoms with van der Waals surface area (Å²) in [6.07, 6.45) is -0.213. The van der Waals surface area contributed by atoms with Gasteiger partial charge in [0.1, 0.15) is 12.7 Å². The number of non-ortho nitro benzene ring substituents is 1. The summed E-state index contributed by atoms with van der Waals surface area (Å²) >= 11 is 11.2. The minimum absolute atomic E-state index is 0.0738. The molecule has 0 saturated heterocycles. The maximum Gasteiger partial charge on any atom is 0.271 e. The molecule has 1 aliphatic rings. The van der Waals surface area contributed by atoms with Crippen LogP contribution >= 0.6 is 23.8 Å². The van der Waals surface area contributed by atoms with Crippen LogP contribution in [0, 0.1) is 10.1 Å². The highest BCUT2D eigenvalue weighted by atomic mass is 35.5. The number of nitro groups is 1. The zero-order valence-corrected chi connectivity index (χ0v) is 14.5. The standard InChI is InChI=1S/C16H14ClN3O4S/c17-12-6-5-10(20(21)22)7-13(12)19-16(25)18-8-11-9-23-14-3-1-2-4-15(14)24-11/h1-7,11H,8-9H2,(H2,18,19,25)/t11-/m0/s1. The van der Waals surface area contributed by atoms with E-state index in [-0.39, 0.29) is 16.9 Å². The number of nitro benzene ring substituents is 1. The number of rotatable bonds is 4. The Morgan fingerprint density at radius 3 is 2.84 bits per heavy atom. The van der Waals surface area contributed by atoms with Gasteiger partial charge in [-0.1, -0.05) is 23.7 Å². The second-order valence-corrected chi connectivity index (χ2v) is 6.07. The number of halogens is 1. The van der Waals surface area contributed by atoms with Crippen molar-refractivity contribution >= 4 is 40.3 Å². The van der Waals surface area contributed by atoms with Crippen LogP contribution in [0.1, 0.15) is 0 Å². The Balaban J connectivity index is 1.56. The van der Waals surface area contributed by atoms with Gasteiger partial charge in [0, 0.05) is 12.1 Å². The maximum atomic E-state index is 10.8. The first-order valence-corrected chi connectivity index (χ1v) is 8.19. The molecule has 1 aliphatic heterocycles. The van der Waals surface area contributed by atoms with E-state index >= 15 is 0 Å². The molecule has 0 unspecified atom stereocenters.